The molecule has 0 fully saturated rings. The predicted octanol–water partition coefficient (Wildman–Crippen LogP) is 2.59. The van der Waals surface area contributed by atoms with Crippen LogP contribution in [0.3, 0.4) is 0 Å². The highest BCUT2D eigenvalue weighted by Crippen LogP contribution is 2.27. The maximum absolute atomic E-state index is 5.85. The lowest BCUT2D eigenvalue weighted by molar-refractivity contribution is -0.925. The molecule has 0 aliphatic carbocycles. The number of thiophene rings is 1. The third-order valence-electron chi connectivity index (χ3n) is 4.21. The summed E-state index contributed by atoms with van der Waals surface area (Å²) in [6.07, 6.45) is 0. The highest BCUT2D eigenvalue weighted by atomic mass is 32.1. The number of aromatic nitrogens is 2. The molecule has 0 radical (unpaired) electrons. The summed E-state index contributed by atoms with van der Waals surface area (Å²) in [5, 5.41) is 10.4. The Labute approximate surface area is 151 Å². The van der Waals surface area contributed by atoms with Gasteiger partial charge < -0.3 is 18.8 Å². The fraction of sp³-hybridized carbons (Fsp3) is 0.333. The molecule has 1 unspecified atom stereocenters. The van der Waals surface area contributed by atoms with E-state index < -0.39 is 0 Å². The van der Waals surface area contributed by atoms with Crippen LogP contribution in [-0.2, 0) is 6.54 Å². The maximum atomic E-state index is 5.85. The van der Waals surface area contributed by atoms with E-state index in [0.29, 0.717) is 11.8 Å². The second kappa shape index (κ2) is 7.67. The molecule has 0 amide bonds. The van der Waals surface area contributed by atoms with Crippen molar-refractivity contribution in [3.63, 3.8) is 0 Å². The molecule has 3 rings (SSSR count). The van der Waals surface area contributed by atoms with Gasteiger partial charge in [0.05, 0.1) is 26.1 Å². The Bertz CT molecular complexity index is 817. The van der Waals surface area contributed by atoms with Crippen LogP contribution in [0.15, 0.2) is 40.1 Å². The molecule has 1 N–H and O–H groups in total. The molecule has 0 aliphatic heterocycles. The van der Waals surface area contributed by atoms with Gasteiger partial charge in [-0.3, -0.25) is 0 Å². The molecule has 0 spiro atoms. The van der Waals surface area contributed by atoms with Gasteiger partial charge in [0.2, 0.25) is 0 Å². The first kappa shape index (κ1) is 17.4. The lowest BCUT2D eigenvalue weighted by atomic mass is 10.1. The molecule has 25 heavy (non-hydrogen) atoms. The molecule has 0 saturated carbocycles. The first-order chi connectivity index (χ1) is 12.1. The zero-order chi connectivity index (χ0) is 17.8. The minimum atomic E-state index is 0.0781. The number of hydrogen-bond acceptors (Lipinski definition) is 6. The minimum absolute atomic E-state index is 0.0781. The number of benzene rings is 1. The number of quaternary nitrogens is 1. The Morgan fingerprint density at radius 3 is 2.64 bits per heavy atom. The van der Waals surface area contributed by atoms with Gasteiger partial charge in [-0.15, -0.1) is 21.5 Å². The second-order valence-electron chi connectivity index (χ2n) is 5.86. The van der Waals surface area contributed by atoms with Gasteiger partial charge in [0.1, 0.15) is 6.54 Å². The third-order valence-corrected chi connectivity index (χ3v) is 5.07. The largest absolute Gasteiger partial charge is 0.493 e. The van der Waals surface area contributed by atoms with Crippen LogP contribution < -0.4 is 14.4 Å². The van der Waals surface area contributed by atoms with E-state index in [1.807, 2.05) is 35.7 Å². The van der Waals surface area contributed by atoms with Crippen molar-refractivity contribution in [1.29, 1.82) is 0 Å². The van der Waals surface area contributed by atoms with E-state index in [1.54, 1.807) is 25.6 Å². The fourth-order valence-electron chi connectivity index (χ4n) is 2.59. The smallest absolute Gasteiger partial charge is 0.274 e. The first-order valence-electron chi connectivity index (χ1n) is 8.03. The average molecular weight is 360 g/mol. The van der Waals surface area contributed by atoms with E-state index in [0.717, 1.165) is 28.5 Å². The Morgan fingerprint density at radius 2 is 1.96 bits per heavy atom. The van der Waals surface area contributed by atoms with Crippen molar-refractivity contribution in [1.82, 2.24) is 10.2 Å². The number of methoxy groups -OCH3 is 2. The van der Waals surface area contributed by atoms with Crippen molar-refractivity contribution >= 4 is 11.3 Å². The Balaban J connectivity index is 1.71. The van der Waals surface area contributed by atoms with Crippen molar-refractivity contribution in [2.24, 2.45) is 0 Å². The van der Waals surface area contributed by atoms with Crippen molar-refractivity contribution in [2.45, 2.75) is 19.5 Å². The third kappa shape index (κ3) is 3.83. The van der Waals surface area contributed by atoms with Gasteiger partial charge in [0.25, 0.3) is 11.8 Å². The van der Waals surface area contributed by atoms with Gasteiger partial charge in [-0.25, -0.2) is 0 Å². The van der Waals surface area contributed by atoms with Gasteiger partial charge in [0, 0.05) is 5.56 Å². The van der Waals surface area contributed by atoms with Gasteiger partial charge in [0.15, 0.2) is 17.5 Å². The molecular weight excluding hydrogens is 338 g/mol. The van der Waals surface area contributed by atoms with Gasteiger partial charge >= 0.3 is 0 Å². The molecule has 0 aliphatic rings. The van der Waals surface area contributed by atoms with Crippen molar-refractivity contribution < 1.29 is 18.8 Å². The SMILES string of the molecule is COc1ccc(C[NH+](C)[C@H](C)c2nnc(-c3cccs3)o2)cc1OC. The quantitative estimate of drug-likeness (QED) is 0.702. The highest BCUT2D eigenvalue weighted by molar-refractivity contribution is 7.13. The molecule has 2 heterocycles. The maximum Gasteiger partial charge on any atom is 0.274 e. The van der Waals surface area contributed by atoms with Crippen molar-refractivity contribution in [3.05, 3.63) is 47.2 Å². The van der Waals surface area contributed by atoms with E-state index in [2.05, 4.69) is 24.2 Å². The van der Waals surface area contributed by atoms with E-state index in [1.165, 1.54) is 4.90 Å². The minimum Gasteiger partial charge on any atom is -0.493 e. The Hall–Kier alpha value is -2.38. The molecule has 6 nitrogen and oxygen atoms in total. The van der Waals surface area contributed by atoms with Crippen LogP contribution in [0.1, 0.15) is 24.4 Å². The molecule has 1 aromatic carbocycles. The van der Waals surface area contributed by atoms with Gasteiger partial charge in [-0.2, -0.15) is 0 Å². The monoisotopic (exact) mass is 360 g/mol. The summed E-state index contributed by atoms with van der Waals surface area (Å²) < 4.78 is 16.5. The van der Waals surface area contributed by atoms with Gasteiger partial charge in [-0.05, 0) is 36.6 Å². The summed E-state index contributed by atoms with van der Waals surface area (Å²) >= 11 is 1.59. The van der Waals surface area contributed by atoms with Crippen LogP contribution >= 0.6 is 11.3 Å². The Kier molecular flexibility index (Phi) is 5.35. The molecule has 2 atom stereocenters. The van der Waals surface area contributed by atoms with Crippen LogP contribution in [0.4, 0.5) is 0 Å². The molecule has 7 heteroatoms. The summed E-state index contributed by atoms with van der Waals surface area (Å²) in [6, 6.07) is 10.00. The number of ether oxygens (including phenoxy) is 2. The second-order valence-corrected chi connectivity index (χ2v) is 6.80. The number of rotatable bonds is 7. The predicted molar refractivity (Wildman–Crippen MR) is 96.2 cm³/mol. The average Bonchev–Trinajstić information content (AvgIpc) is 3.32. The highest BCUT2D eigenvalue weighted by Gasteiger charge is 2.23. The summed E-state index contributed by atoms with van der Waals surface area (Å²) in [5.41, 5.74) is 1.15. The fourth-order valence-corrected chi connectivity index (χ4v) is 3.23. The molecule has 132 valence electrons. The molecule has 2 aromatic heterocycles. The van der Waals surface area contributed by atoms with Crippen LogP contribution in [0.2, 0.25) is 0 Å². The molecule has 0 saturated heterocycles. The van der Waals surface area contributed by atoms with E-state index in [4.69, 9.17) is 13.9 Å². The number of hydrogen-bond donors (Lipinski definition) is 1. The summed E-state index contributed by atoms with van der Waals surface area (Å²) in [6.45, 7) is 2.89. The normalized spacial score (nSPS) is 13.4. The Morgan fingerprint density at radius 1 is 1.16 bits per heavy atom. The number of nitrogens with one attached hydrogen (secondary N) is 1. The number of nitrogens with zero attached hydrogens (tertiary/aromatic N) is 2. The van der Waals surface area contributed by atoms with Crippen molar-refractivity contribution in [2.75, 3.05) is 21.3 Å². The van der Waals surface area contributed by atoms with Crippen LogP contribution in [0.25, 0.3) is 10.8 Å². The zero-order valence-corrected chi connectivity index (χ0v) is 15.6. The van der Waals surface area contributed by atoms with Crippen molar-refractivity contribution in [3.8, 4) is 22.3 Å². The molecule has 3 aromatic rings. The van der Waals surface area contributed by atoms with E-state index in [9.17, 15) is 0 Å². The lowest BCUT2D eigenvalue weighted by Gasteiger charge is -2.19. The zero-order valence-electron chi connectivity index (χ0n) is 14.8. The summed E-state index contributed by atoms with van der Waals surface area (Å²) in [7, 11) is 5.39. The first-order valence-corrected chi connectivity index (χ1v) is 8.90. The molecular formula is C18H22N3O3S+. The summed E-state index contributed by atoms with van der Waals surface area (Å²) in [5.74, 6) is 2.69. The van der Waals surface area contributed by atoms with Crippen LogP contribution in [-0.4, -0.2) is 31.5 Å². The molecule has 0 bridgehead atoms. The van der Waals surface area contributed by atoms with E-state index in [-0.39, 0.29) is 6.04 Å². The lowest BCUT2D eigenvalue weighted by Crippen LogP contribution is -3.07. The summed E-state index contributed by atoms with van der Waals surface area (Å²) in [4.78, 5) is 2.23. The van der Waals surface area contributed by atoms with E-state index >= 15 is 0 Å². The van der Waals surface area contributed by atoms with Gasteiger partial charge in [-0.1, -0.05) is 6.07 Å². The van der Waals surface area contributed by atoms with Crippen LogP contribution in [0, 0.1) is 0 Å². The topological polar surface area (TPSA) is 61.8 Å². The standard InChI is InChI=1S/C18H21N3O3S/c1-12(17-19-20-18(24-17)16-6-5-9-25-16)21(2)11-13-7-8-14(22-3)15(10-13)23-4/h5-10,12H,11H2,1-4H3/p+1/t12-/m1/s1. The van der Waals surface area contributed by atoms with Crippen LogP contribution in [0.5, 0.6) is 11.5 Å².